The van der Waals surface area contributed by atoms with Crippen LogP contribution in [0, 0.1) is 6.92 Å². The molecule has 0 fully saturated rings. The Morgan fingerprint density at radius 3 is 2.74 bits per heavy atom. The number of benzene rings is 1. The predicted molar refractivity (Wildman–Crippen MR) is 79.9 cm³/mol. The van der Waals surface area contributed by atoms with E-state index in [0.29, 0.717) is 5.02 Å². The molecule has 0 aliphatic rings. The summed E-state index contributed by atoms with van der Waals surface area (Å²) in [7, 11) is 0. The van der Waals surface area contributed by atoms with E-state index in [-0.39, 0.29) is 12.3 Å². The highest BCUT2D eigenvalue weighted by molar-refractivity contribution is 7.11. The van der Waals surface area contributed by atoms with Crippen molar-refractivity contribution < 1.29 is 4.79 Å². The minimum atomic E-state index is -0.146. The van der Waals surface area contributed by atoms with Crippen molar-refractivity contribution in [3.8, 4) is 0 Å². The summed E-state index contributed by atoms with van der Waals surface area (Å²) in [6.45, 7) is 2.01. The summed E-state index contributed by atoms with van der Waals surface area (Å²) in [5, 5.41) is 6.60. The van der Waals surface area contributed by atoms with Crippen molar-refractivity contribution in [3.05, 3.63) is 56.7 Å². The summed E-state index contributed by atoms with van der Waals surface area (Å²) in [4.78, 5) is 12.7. The summed E-state index contributed by atoms with van der Waals surface area (Å²) >= 11 is 7.37. The van der Waals surface area contributed by atoms with Crippen molar-refractivity contribution in [1.82, 2.24) is 5.43 Å². The van der Waals surface area contributed by atoms with E-state index < -0.39 is 0 Å². The number of hydrazone groups is 1. The Labute approximate surface area is 120 Å². The zero-order chi connectivity index (χ0) is 13.7. The molecule has 0 atom stereocenters. The molecular weight excluding hydrogens is 280 g/mol. The monoisotopic (exact) mass is 292 g/mol. The molecule has 2 aromatic rings. The Morgan fingerprint density at radius 1 is 1.37 bits per heavy atom. The fourth-order valence-corrected chi connectivity index (χ4v) is 2.42. The molecule has 0 aliphatic heterocycles. The molecule has 98 valence electrons. The number of hydrogen-bond donors (Lipinski definition) is 1. The number of nitrogens with one attached hydrogen (secondary N) is 1. The van der Waals surface area contributed by atoms with Gasteiger partial charge in [-0.25, -0.2) is 5.43 Å². The highest BCUT2D eigenvalue weighted by Gasteiger charge is 2.02. The number of carbonyl (C=O) groups excluding carboxylic acids is 1. The van der Waals surface area contributed by atoms with E-state index in [1.165, 1.54) is 0 Å². The van der Waals surface area contributed by atoms with Crippen LogP contribution in [-0.4, -0.2) is 12.1 Å². The Bertz CT molecular complexity index is 590. The fraction of sp³-hybridized carbons (Fsp3) is 0.143. The van der Waals surface area contributed by atoms with Gasteiger partial charge in [-0.2, -0.15) is 5.10 Å². The number of carbonyl (C=O) groups is 1. The molecule has 1 aromatic carbocycles. The standard InChI is InChI=1S/C14H13ClN2OS/c1-10-6-7-19-13(10)9-16-17-14(18)8-11-2-4-12(15)5-3-11/h2-7,9H,8H2,1H3,(H,17,18)/b16-9+. The minimum absolute atomic E-state index is 0.146. The van der Waals surface area contributed by atoms with Crippen molar-refractivity contribution in [2.45, 2.75) is 13.3 Å². The van der Waals surface area contributed by atoms with Crippen molar-refractivity contribution in [2.24, 2.45) is 5.10 Å². The van der Waals surface area contributed by atoms with E-state index in [9.17, 15) is 4.79 Å². The third kappa shape index (κ3) is 4.19. The number of rotatable bonds is 4. The second-order valence-corrected chi connectivity index (χ2v) is 5.45. The van der Waals surface area contributed by atoms with Crippen LogP contribution >= 0.6 is 22.9 Å². The molecule has 1 aromatic heterocycles. The topological polar surface area (TPSA) is 41.5 Å². The van der Waals surface area contributed by atoms with Crippen LogP contribution in [0.3, 0.4) is 0 Å². The van der Waals surface area contributed by atoms with Crippen LogP contribution in [-0.2, 0) is 11.2 Å². The van der Waals surface area contributed by atoms with Gasteiger partial charge in [0.25, 0.3) is 0 Å². The number of aryl methyl sites for hydroxylation is 1. The van der Waals surface area contributed by atoms with Crippen LogP contribution in [0.4, 0.5) is 0 Å². The number of halogens is 1. The second-order valence-electron chi connectivity index (χ2n) is 4.06. The molecule has 0 saturated carbocycles. The van der Waals surface area contributed by atoms with Crippen LogP contribution in [0.15, 0.2) is 40.8 Å². The maximum Gasteiger partial charge on any atom is 0.244 e. The van der Waals surface area contributed by atoms with E-state index in [4.69, 9.17) is 11.6 Å². The maximum atomic E-state index is 11.7. The van der Waals surface area contributed by atoms with Crippen molar-refractivity contribution in [3.63, 3.8) is 0 Å². The van der Waals surface area contributed by atoms with Gasteiger partial charge in [0.1, 0.15) is 0 Å². The van der Waals surface area contributed by atoms with Gasteiger partial charge in [0.15, 0.2) is 0 Å². The predicted octanol–water partition coefficient (Wildman–Crippen LogP) is 3.40. The van der Waals surface area contributed by atoms with Gasteiger partial charge in [-0.05, 0) is 41.6 Å². The van der Waals surface area contributed by atoms with Crippen LogP contribution in [0.5, 0.6) is 0 Å². The zero-order valence-corrected chi connectivity index (χ0v) is 12.0. The summed E-state index contributed by atoms with van der Waals surface area (Å²) < 4.78 is 0. The molecule has 0 aliphatic carbocycles. The summed E-state index contributed by atoms with van der Waals surface area (Å²) in [5.74, 6) is -0.146. The molecule has 0 bridgehead atoms. The van der Waals surface area contributed by atoms with E-state index in [2.05, 4.69) is 10.5 Å². The Morgan fingerprint density at radius 2 is 2.11 bits per heavy atom. The average Bonchev–Trinajstić information content (AvgIpc) is 2.78. The minimum Gasteiger partial charge on any atom is -0.273 e. The number of amides is 1. The highest BCUT2D eigenvalue weighted by Crippen LogP contribution is 2.12. The molecule has 1 amide bonds. The van der Waals surface area contributed by atoms with Gasteiger partial charge < -0.3 is 0 Å². The van der Waals surface area contributed by atoms with E-state index in [1.54, 1.807) is 29.7 Å². The normalized spacial score (nSPS) is 10.8. The largest absolute Gasteiger partial charge is 0.273 e. The molecule has 19 heavy (non-hydrogen) atoms. The first-order valence-electron chi connectivity index (χ1n) is 5.75. The molecule has 0 saturated heterocycles. The van der Waals surface area contributed by atoms with E-state index in [0.717, 1.165) is 16.0 Å². The average molecular weight is 293 g/mol. The van der Waals surface area contributed by atoms with Gasteiger partial charge in [0.05, 0.1) is 12.6 Å². The van der Waals surface area contributed by atoms with Gasteiger partial charge >= 0.3 is 0 Å². The lowest BCUT2D eigenvalue weighted by atomic mass is 10.1. The fourth-order valence-electron chi connectivity index (χ4n) is 1.51. The van der Waals surface area contributed by atoms with Crippen LogP contribution in [0.2, 0.25) is 5.02 Å². The van der Waals surface area contributed by atoms with Gasteiger partial charge in [-0.15, -0.1) is 11.3 Å². The first-order chi connectivity index (χ1) is 9.15. The molecule has 5 heteroatoms. The van der Waals surface area contributed by atoms with Crippen LogP contribution < -0.4 is 5.43 Å². The third-order valence-electron chi connectivity index (χ3n) is 2.55. The number of thiophene rings is 1. The molecule has 0 radical (unpaired) electrons. The molecule has 0 unspecified atom stereocenters. The van der Waals surface area contributed by atoms with Crippen LogP contribution in [0.1, 0.15) is 16.0 Å². The summed E-state index contributed by atoms with van der Waals surface area (Å²) in [5.41, 5.74) is 4.58. The summed E-state index contributed by atoms with van der Waals surface area (Å²) in [6.07, 6.45) is 1.96. The molecule has 1 heterocycles. The van der Waals surface area contributed by atoms with Crippen molar-refractivity contribution >= 4 is 35.1 Å². The van der Waals surface area contributed by atoms with Gasteiger partial charge in [0.2, 0.25) is 5.91 Å². The van der Waals surface area contributed by atoms with Gasteiger partial charge in [0, 0.05) is 9.90 Å². The van der Waals surface area contributed by atoms with Gasteiger partial charge in [-0.3, -0.25) is 4.79 Å². The van der Waals surface area contributed by atoms with Gasteiger partial charge in [-0.1, -0.05) is 23.7 Å². The number of nitrogens with zero attached hydrogens (tertiary/aromatic N) is 1. The quantitative estimate of drug-likeness (QED) is 0.681. The molecule has 3 nitrogen and oxygen atoms in total. The Kier molecular flexibility index (Phi) is 4.71. The highest BCUT2D eigenvalue weighted by atomic mass is 35.5. The van der Waals surface area contributed by atoms with E-state index >= 15 is 0 Å². The first-order valence-corrected chi connectivity index (χ1v) is 7.01. The lowest BCUT2D eigenvalue weighted by Gasteiger charge is -2.00. The Balaban J connectivity index is 1.86. The SMILES string of the molecule is Cc1ccsc1/C=N/NC(=O)Cc1ccc(Cl)cc1. The second kappa shape index (κ2) is 6.50. The number of hydrogen-bond acceptors (Lipinski definition) is 3. The maximum absolute atomic E-state index is 11.7. The van der Waals surface area contributed by atoms with Crippen molar-refractivity contribution in [2.75, 3.05) is 0 Å². The zero-order valence-electron chi connectivity index (χ0n) is 10.4. The van der Waals surface area contributed by atoms with Crippen molar-refractivity contribution in [1.29, 1.82) is 0 Å². The first kappa shape index (κ1) is 13.8. The Hall–Kier alpha value is -1.65. The smallest absolute Gasteiger partial charge is 0.244 e. The third-order valence-corrected chi connectivity index (χ3v) is 3.76. The lowest BCUT2D eigenvalue weighted by Crippen LogP contribution is -2.19. The van der Waals surface area contributed by atoms with E-state index in [1.807, 2.05) is 30.5 Å². The molecular formula is C14H13ClN2OS. The van der Waals surface area contributed by atoms with Crippen LogP contribution in [0.25, 0.3) is 0 Å². The molecule has 0 spiro atoms. The lowest BCUT2D eigenvalue weighted by molar-refractivity contribution is -0.120. The summed E-state index contributed by atoms with van der Waals surface area (Å²) in [6, 6.07) is 9.20. The molecule has 1 N–H and O–H groups in total. The molecule has 2 rings (SSSR count).